The summed E-state index contributed by atoms with van der Waals surface area (Å²) < 4.78 is 5.34. The molecule has 0 bridgehead atoms. The summed E-state index contributed by atoms with van der Waals surface area (Å²) in [5, 5.41) is 3.36. The van der Waals surface area contributed by atoms with Crippen LogP contribution in [-0.4, -0.2) is 6.54 Å². The van der Waals surface area contributed by atoms with Crippen molar-refractivity contribution in [1.82, 2.24) is 5.32 Å². The molecule has 90 valence electrons. The predicted octanol–water partition coefficient (Wildman–Crippen LogP) is 3.68. The van der Waals surface area contributed by atoms with Crippen molar-refractivity contribution in [2.45, 2.75) is 24.1 Å². The normalized spacial score (nSPS) is 10.6. The molecule has 0 atom stereocenters. The molecule has 1 N–H and O–H groups in total. The zero-order valence-electron chi connectivity index (χ0n) is 9.98. The molecule has 2 nitrogen and oxygen atoms in total. The van der Waals surface area contributed by atoms with Crippen LogP contribution in [0.1, 0.15) is 18.2 Å². The van der Waals surface area contributed by atoms with Gasteiger partial charge in [-0.2, -0.15) is 0 Å². The monoisotopic (exact) mass is 247 g/mol. The summed E-state index contributed by atoms with van der Waals surface area (Å²) in [5.74, 6) is 1.91. The Balaban J connectivity index is 1.99. The third-order valence-corrected chi connectivity index (χ3v) is 3.63. The summed E-state index contributed by atoms with van der Waals surface area (Å²) in [6, 6.07) is 12.5. The fraction of sp³-hybridized carbons (Fsp3) is 0.286. The van der Waals surface area contributed by atoms with Crippen molar-refractivity contribution >= 4 is 11.8 Å². The van der Waals surface area contributed by atoms with E-state index in [1.807, 2.05) is 23.9 Å². The van der Waals surface area contributed by atoms with Crippen LogP contribution in [0.4, 0.5) is 0 Å². The number of benzene rings is 1. The minimum absolute atomic E-state index is 0.885. The molecule has 0 aliphatic carbocycles. The van der Waals surface area contributed by atoms with E-state index in [2.05, 4.69) is 36.5 Å². The van der Waals surface area contributed by atoms with Crippen molar-refractivity contribution in [3.05, 3.63) is 54.0 Å². The topological polar surface area (TPSA) is 25.2 Å². The van der Waals surface area contributed by atoms with Crippen LogP contribution in [-0.2, 0) is 12.3 Å². The van der Waals surface area contributed by atoms with Crippen LogP contribution in [0.15, 0.2) is 52.0 Å². The van der Waals surface area contributed by atoms with E-state index in [4.69, 9.17) is 4.42 Å². The molecule has 0 saturated carbocycles. The number of hydrogen-bond donors (Lipinski definition) is 1. The lowest BCUT2D eigenvalue weighted by Crippen LogP contribution is -2.12. The van der Waals surface area contributed by atoms with Gasteiger partial charge in [-0.25, -0.2) is 0 Å². The molecule has 1 aromatic heterocycles. The van der Waals surface area contributed by atoms with Crippen molar-refractivity contribution in [1.29, 1.82) is 0 Å². The second-order valence-corrected chi connectivity index (χ2v) is 4.77. The Morgan fingerprint density at radius 2 is 2.06 bits per heavy atom. The summed E-state index contributed by atoms with van der Waals surface area (Å²) in [7, 11) is 0. The summed E-state index contributed by atoms with van der Waals surface area (Å²) in [6.45, 7) is 4.05. The Morgan fingerprint density at radius 3 is 2.82 bits per heavy atom. The van der Waals surface area contributed by atoms with Crippen LogP contribution in [0, 0.1) is 0 Å². The van der Waals surface area contributed by atoms with Gasteiger partial charge in [0.25, 0.3) is 0 Å². The minimum Gasteiger partial charge on any atom is -0.468 e. The number of rotatable bonds is 6. The number of hydrogen-bond acceptors (Lipinski definition) is 3. The van der Waals surface area contributed by atoms with Crippen molar-refractivity contribution in [3.63, 3.8) is 0 Å². The zero-order chi connectivity index (χ0) is 11.9. The molecule has 1 heterocycles. The van der Waals surface area contributed by atoms with Crippen LogP contribution in [0.25, 0.3) is 0 Å². The molecule has 0 fully saturated rings. The molecule has 0 unspecified atom stereocenters. The van der Waals surface area contributed by atoms with E-state index in [-0.39, 0.29) is 0 Å². The molecule has 2 aromatic rings. The van der Waals surface area contributed by atoms with Gasteiger partial charge in [-0.15, -0.1) is 11.8 Å². The van der Waals surface area contributed by atoms with Crippen LogP contribution in [0.3, 0.4) is 0 Å². The standard InChI is InChI=1S/C14H17NOS/c1-2-15-10-12-6-3-4-8-14(12)17-11-13-7-5-9-16-13/h3-9,15H,2,10-11H2,1H3. The van der Waals surface area contributed by atoms with Gasteiger partial charge in [0.15, 0.2) is 0 Å². The maximum atomic E-state index is 5.34. The zero-order valence-corrected chi connectivity index (χ0v) is 10.8. The average Bonchev–Trinajstić information content (AvgIpc) is 2.88. The lowest BCUT2D eigenvalue weighted by molar-refractivity contribution is 0.530. The van der Waals surface area contributed by atoms with E-state index in [9.17, 15) is 0 Å². The molecule has 0 aliphatic rings. The molecule has 2 rings (SSSR count). The van der Waals surface area contributed by atoms with E-state index in [1.165, 1.54) is 10.5 Å². The average molecular weight is 247 g/mol. The molecule has 1 aromatic carbocycles. The number of thioether (sulfide) groups is 1. The molecule has 0 spiro atoms. The fourth-order valence-electron chi connectivity index (χ4n) is 1.59. The molecule has 3 heteroatoms. The quantitative estimate of drug-likeness (QED) is 0.788. The number of nitrogens with one attached hydrogen (secondary N) is 1. The highest BCUT2D eigenvalue weighted by Crippen LogP contribution is 2.26. The van der Waals surface area contributed by atoms with Crippen LogP contribution in [0.2, 0.25) is 0 Å². The molecule has 0 amide bonds. The van der Waals surface area contributed by atoms with Crippen molar-refractivity contribution < 1.29 is 4.42 Å². The van der Waals surface area contributed by atoms with Crippen LogP contribution >= 0.6 is 11.8 Å². The summed E-state index contributed by atoms with van der Waals surface area (Å²) >= 11 is 1.82. The van der Waals surface area contributed by atoms with Crippen molar-refractivity contribution in [2.24, 2.45) is 0 Å². The first-order valence-electron chi connectivity index (χ1n) is 5.84. The fourth-order valence-corrected chi connectivity index (χ4v) is 2.56. The van der Waals surface area contributed by atoms with E-state index < -0.39 is 0 Å². The van der Waals surface area contributed by atoms with Gasteiger partial charge in [0.05, 0.1) is 12.0 Å². The first-order chi connectivity index (χ1) is 8.40. The largest absolute Gasteiger partial charge is 0.468 e. The molecule has 0 radical (unpaired) electrons. The summed E-state index contributed by atoms with van der Waals surface area (Å²) in [6.07, 6.45) is 1.72. The maximum Gasteiger partial charge on any atom is 0.113 e. The molecular formula is C14H17NOS. The lowest BCUT2D eigenvalue weighted by atomic mass is 10.2. The van der Waals surface area contributed by atoms with Crippen LogP contribution < -0.4 is 5.32 Å². The van der Waals surface area contributed by atoms with E-state index in [1.54, 1.807) is 6.26 Å². The Labute approximate surface area is 106 Å². The third-order valence-electron chi connectivity index (χ3n) is 2.49. The minimum atomic E-state index is 0.885. The Morgan fingerprint density at radius 1 is 1.18 bits per heavy atom. The second-order valence-electron chi connectivity index (χ2n) is 3.76. The van der Waals surface area contributed by atoms with Gasteiger partial charge >= 0.3 is 0 Å². The molecule has 0 saturated heterocycles. The van der Waals surface area contributed by atoms with E-state index in [0.717, 1.165) is 24.6 Å². The third kappa shape index (κ3) is 3.65. The Kier molecular flexibility index (Phi) is 4.71. The predicted molar refractivity (Wildman–Crippen MR) is 72.1 cm³/mol. The van der Waals surface area contributed by atoms with Crippen molar-refractivity contribution in [3.8, 4) is 0 Å². The van der Waals surface area contributed by atoms with Gasteiger partial charge in [-0.05, 0) is 30.3 Å². The van der Waals surface area contributed by atoms with Gasteiger partial charge < -0.3 is 9.73 Å². The SMILES string of the molecule is CCNCc1ccccc1SCc1ccco1. The smallest absolute Gasteiger partial charge is 0.113 e. The Bertz CT molecular complexity index is 439. The van der Waals surface area contributed by atoms with E-state index in [0.29, 0.717) is 0 Å². The highest BCUT2D eigenvalue weighted by molar-refractivity contribution is 7.98. The van der Waals surface area contributed by atoms with Crippen LogP contribution in [0.5, 0.6) is 0 Å². The Hall–Kier alpha value is -1.19. The molecule has 17 heavy (non-hydrogen) atoms. The lowest BCUT2D eigenvalue weighted by Gasteiger charge is -2.08. The van der Waals surface area contributed by atoms with Gasteiger partial charge in [0, 0.05) is 11.4 Å². The first-order valence-corrected chi connectivity index (χ1v) is 6.82. The second kappa shape index (κ2) is 6.52. The molecule has 0 aliphatic heterocycles. The highest BCUT2D eigenvalue weighted by Gasteiger charge is 2.03. The number of furan rings is 1. The first kappa shape index (κ1) is 12.3. The maximum absolute atomic E-state index is 5.34. The van der Waals surface area contributed by atoms with Crippen molar-refractivity contribution in [2.75, 3.05) is 6.54 Å². The van der Waals surface area contributed by atoms with Gasteiger partial charge in [-0.3, -0.25) is 0 Å². The van der Waals surface area contributed by atoms with E-state index >= 15 is 0 Å². The molecular weight excluding hydrogens is 230 g/mol. The summed E-state index contributed by atoms with van der Waals surface area (Å²) in [5.41, 5.74) is 1.35. The highest BCUT2D eigenvalue weighted by atomic mass is 32.2. The van der Waals surface area contributed by atoms with Gasteiger partial charge in [0.2, 0.25) is 0 Å². The van der Waals surface area contributed by atoms with Gasteiger partial charge in [-0.1, -0.05) is 25.1 Å². The summed E-state index contributed by atoms with van der Waals surface area (Å²) in [4.78, 5) is 1.32. The van der Waals surface area contributed by atoms with Gasteiger partial charge in [0.1, 0.15) is 5.76 Å².